The van der Waals surface area contributed by atoms with E-state index >= 15 is 0 Å². The van der Waals surface area contributed by atoms with Crippen LogP contribution in [0.4, 0.5) is 0 Å². The van der Waals surface area contributed by atoms with Gasteiger partial charge in [0, 0.05) is 0 Å². The van der Waals surface area contributed by atoms with Gasteiger partial charge in [-0.3, -0.25) is 0 Å². The zero-order chi connectivity index (χ0) is 18.6. The molecule has 0 atom stereocenters. The summed E-state index contributed by atoms with van der Waals surface area (Å²) in [5.74, 6) is 1.26. The van der Waals surface area contributed by atoms with Gasteiger partial charge in [0.25, 0.3) is 0 Å². The highest BCUT2D eigenvalue weighted by Gasteiger charge is 2.15. The van der Waals surface area contributed by atoms with Crippen LogP contribution in [0.3, 0.4) is 0 Å². The number of hydrogen-bond acceptors (Lipinski definition) is 5. The number of aromatic nitrogens is 6. The maximum Gasteiger partial charge on any atom is 0.209 e. The summed E-state index contributed by atoms with van der Waals surface area (Å²) in [6.45, 7) is 1.09. The van der Waals surface area contributed by atoms with Crippen LogP contribution in [0.2, 0.25) is 5.15 Å². The second-order valence-corrected chi connectivity index (χ2v) is 6.34. The largest absolute Gasteiger partial charge is 0.497 e. The summed E-state index contributed by atoms with van der Waals surface area (Å²) < 4.78 is 6.88. The molecule has 27 heavy (non-hydrogen) atoms. The molecule has 0 spiro atoms. The molecular formula is C19H17ClN6O. The summed E-state index contributed by atoms with van der Waals surface area (Å²) in [4.78, 5) is 1.53. The molecule has 0 fully saturated rings. The van der Waals surface area contributed by atoms with E-state index in [4.69, 9.17) is 16.3 Å². The number of tetrazole rings is 1. The summed E-state index contributed by atoms with van der Waals surface area (Å²) in [5, 5.41) is 17.5. The van der Waals surface area contributed by atoms with Crippen molar-refractivity contribution >= 4 is 11.6 Å². The molecule has 0 aliphatic rings. The Morgan fingerprint density at radius 1 is 0.963 bits per heavy atom. The van der Waals surface area contributed by atoms with Gasteiger partial charge in [-0.1, -0.05) is 54.1 Å². The maximum absolute atomic E-state index is 6.48. The number of nitrogens with zero attached hydrogens (tertiary/aromatic N) is 6. The third kappa shape index (κ3) is 3.83. The van der Waals surface area contributed by atoms with Crippen LogP contribution < -0.4 is 4.74 Å². The number of ether oxygens (including phenoxy) is 1. The molecule has 2 aromatic carbocycles. The van der Waals surface area contributed by atoms with E-state index in [1.807, 2.05) is 54.6 Å². The van der Waals surface area contributed by atoms with Crippen LogP contribution in [0.15, 0.2) is 60.8 Å². The minimum Gasteiger partial charge on any atom is -0.497 e. The van der Waals surface area contributed by atoms with E-state index < -0.39 is 0 Å². The summed E-state index contributed by atoms with van der Waals surface area (Å²) in [6, 6.07) is 17.7. The Labute approximate surface area is 161 Å². The van der Waals surface area contributed by atoms with Gasteiger partial charge in [0.2, 0.25) is 5.82 Å². The van der Waals surface area contributed by atoms with E-state index in [0.717, 1.165) is 16.9 Å². The average molecular weight is 381 g/mol. The molecule has 7 nitrogen and oxygen atoms in total. The minimum atomic E-state index is 0.452. The van der Waals surface area contributed by atoms with Crippen LogP contribution in [-0.2, 0) is 13.1 Å². The predicted molar refractivity (Wildman–Crippen MR) is 102 cm³/mol. The lowest BCUT2D eigenvalue weighted by Crippen LogP contribution is -2.04. The monoisotopic (exact) mass is 380 g/mol. The SMILES string of the molecule is COc1ccc(Cn2nnc(-c3cnn(Cc4ccccc4)c3Cl)n2)cc1. The fourth-order valence-corrected chi connectivity index (χ4v) is 2.94. The number of halogens is 1. The van der Waals surface area contributed by atoms with Crippen molar-refractivity contribution in [2.45, 2.75) is 13.1 Å². The lowest BCUT2D eigenvalue weighted by Gasteiger charge is -2.03. The van der Waals surface area contributed by atoms with Crippen molar-refractivity contribution in [1.29, 1.82) is 0 Å². The van der Waals surface area contributed by atoms with Crippen molar-refractivity contribution in [1.82, 2.24) is 30.0 Å². The van der Waals surface area contributed by atoms with Gasteiger partial charge in [-0.25, -0.2) is 4.68 Å². The normalized spacial score (nSPS) is 10.9. The first-order chi connectivity index (χ1) is 13.2. The zero-order valence-corrected chi connectivity index (χ0v) is 15.4. The van der Waals surface area contributed by atoms with Gasteiger partial charge in [0.15, 0.2) is 0 Å². The molecule has 0 amide bonds. The van der Waals surface area contributed by atoms with E-state index in [1.54, 1.807) is 18.0 Å². The topological polar surface area (TPSA) is 70.7 Å². The predicted octanol–water partition coefficient (Wildman–Crippen LogP) is 3.30. The first-order valence-electron chi connectivity index (χ1n) is 8.39. The summed E-state index contributed by atoms with van der Waals surface area (Å²) in [5.41, 5.74) is 2.82. The van der Waals surface area contributed by atoms with Gasteiger partial charge in [0.1, 0.15) is 10.9 Å². The van der Waals surface area contributed by atoms with E-state index in [1.165, 1.54) is 4.80 Å². The van der Waals surface area contributed by atoms with Crippen LogP contribution in [0.25, 0.3) is 11.4 Å². The highest BCUT2D eigenvalue weighted by Crippen LogP contribution is 2.25. The van der Waals surface area contributed by atoms with E-state index in [2.05, 4.69) is 20.5 Å². The highest BCUT2D eigenvalue weighted by atomic mass is 35.5. The molecule has 8 heteroatoms. The molecule has 0 radical (unpaired) electrons. The highest BCUT2D eigenvalue weighted by molar-refractivity contribution is 6.32. The minimum absolute atomic E-state index is 0.452. The first-order valence-corrected chi connectivity index (χ1v) is 8.77. The fourth-order valence-electron chi connectivity index (χ4n) is 2.70. The number of benzene rings is 2. The molecule has 0 saturated carbocycles. The summed E-state index contributed by atoms with van der Waals surface area (Å²) in [6.07, 6.45) is 1.67. The number of methoxy groups -OCH3 is 1. The summed E-state index contributed by atoms with van der Waals surface area (Å²) in [7, 11) is 1.64. The lowest BCUT2D eigenvalue weighted by atomic mass is 10.2. The van der Waals surface area contributed by atoms with Crippen molar-refractivity contribution < 1.29 is 4.74 Å². The standard InChI is InChI=1S/C19H17ClN6O/c1-27-16-9-7-15(8-10-16)13-26-23-19(22-24-26)17-11-21-25(18(17)20)12-14-5-3-2-4-6-14/h2-11H,12-13H2,1H3. The van der Waals surface area contributed by atoms with Crippen molar-refractivity contribution in [2.75, 3.05) is 7.11 Å². The zero-order valence-electron chi connectivity index (χ0n) is 14.7. The van der Waals surface area contributed by atoms with Gasteiger partial charge in [-0.15, -0.1) is 10.2 Å². The van der Waals surface area contributed by atoms with Gasteiger partial charge in [-0.2, -0.15) is 9.90 Å². The van der Waals surface area contributed by atoms with E-state index in [-0.39, 0.29) is 0 Å². The molecule has 4 rings (SSSR count). The number of hydrogen-bond donors (Lipinski definition) is 0. The number of rotatable bonds is 6. The van der Waals surface area contributed by atoms with E-state index in [9.17, 15) is 0 Å². The molecule has 2 aromatic heterocycles. The van der Waals surface area contributed by atoms with Crippen molar-refractivity contribution in [2.24, 2.45) is 0 Å². The Balaban J connectivity index is 1.51. The van der Waals surface area contributed by atoms with Crippen LogP contribution in [-0.4, -0.2) is 37.1 Å². The maximum atomic E-state index is 6.48. The van der Waals surface area contributed by atoms with Gasteiger partial charge in [0.05, 0.1) is 32.0 Å². The van der Waals surface area contributed by atoms with Crippen molar-refractivity contribution in [3.63, 3.8) is 0 Å². The molecule has 136 valence electrons. The van der Waals surface area contributed by atoms with Crippen molar-refractivity contribution in [3.05, 3.63) is 77.1 Å². The molecule has 4 aromatic rings. The molecule has 0 aliphatic carbocycles. The molecule has 2 heterocycles. The Morgan fingerprint density at radius 3 is 2.44 bits per heavy atom. The molecule has 0 N–H and O–H groups in total. The lowest BCUT2D eigenvalue weighted by molar-refractivity contribution is 0.414. The third-order valence-corrected chi connectivity index (χ3v) is 4.53. The quantitative estimate of drug-likeness (QED) is 0.513. The van der Waals surface area contributed by atoms with Crippen molar-refractivity contribution in [3.8, 4) is 17.1 Å². The first kappa shape index (κ1) is 17.2. The van der Waals surface area contributed by atoms with Crippen LogP contribution in [0.1, 0.15) is 11.1 Å². The van der Waals surface area contributed by atoms with Crippen LogP contribution in [0.5, 0.6) is 5.75 Å². The Hall–Kier alpha value is -3.19. The van der Waals surface area contributed by atoms with Crippen LogP contribution >= 0.6 is 11.6 Å². The van der Waals surface area contributed by atoms with Gasteiger partial charge < -0.3 is 4.74 Å². The van der Waals surface area contributed by atoms with Gasteiger partial charge in [-0.05, 0) is 28.5 Å². The van der Waals surface area contributed by atoms with E-state index in [0.29, 0.717) is 29.6 Å². The van der Waals surface area contributed by atoms with Crippen LogP contribution in [0, 0.1) is 0 Å². The Kier molecular flexibility index (Phi) is 4.84. The Bertz CT molecular complexity index is 1030. The van der Waals surface area contributed by atoms with Gasteiger partial charge >= 0.3 is 0 Å². The third-order valence-electron chi connectivity index (χ3n) is 4.13. The Morgan fingerprint density at radius 2 is 1.70 bits per heavy atom. The second kappa shape index (κ2) is 7.59. The molecule has 0 bridgehead atoms. The summed E-state index contributed by atoms with van der Waals surface area (Å²) >= 11 is 6.48. The second-order valence-electron chi connectivity index (χ2n) is 5.98. The smallest absolute Gasteiger partial charge is 0.209 e. The molecule has 0 unspecified atom stereocenters. The molecule has 0 aliphatic heterocycles. The molecule has 0 saturated heterocycles. The molecular weight excluding hydrogens is 364 g/mol. The fraction of sp³-hybridized carbons (Fsp3) is 0.158. The average Bonchev–Trinajstić information content (AvgIpc) is 3.30.